The highest BCUT2D eigenvalue weighted by Gasteiger charge is 2.21. The van der Waals surface area contributed by atoms with Crippen LogP contribution in [-0.2, 0) is 11.3 Å². The normalized spacial score (nSPS) is 16.1. The molecule has 0 aliphatic carbocycles. The molecule has 0 spiro atoms. The predicted octanol–water partition coefficient (Wildman–Crippen LogP) is 2.74. The van der Waals surface area contributed by atoms with Gasteiger partial charge >= 0.3 is 6.09 Å². The van der Waals surface area contributed by atoms with E-state index in [1.165, 1.54) is 12.8 Å². The van der Waals surface area contributed by atoms with Crippen molar-refractivity contribution in [3.05, 3.63) is 35.9 Å². The lowest BCUT2D eigenvalue weighted by molar-refractivity contribution is 0.0714. The summed E-state index contributed by atoms with van der Waals surface area (Å²) in [7, 11) is 0. The summed E-state index contributed by atoms with van der Waals surface area (Å²) in [6.07, 6.45) is 2.27. The molecule has 1 aliphatic rings. The zero-order valence-corrected chi connectivity index (χ0v) is 12.3. The topological polar surface area (TPSA) is 32.8 Å². The van der Waals surface area contributed by atoms with E-state index in [2.05, 4.69) is 11.8 Å². The maximum absolute atomic E-state index is 12.0. The van der Waals surface area contributed by atoms with Gasteiger partial charge < -0.3 is 9.64 Å². The van der Waals surface area contributed by atoms with Crippen molar-refractivity contribution in [1.29, 1.82) is 0 Å². The molecule has 1 fully saturated rings. The molecular formula is C16H24N2O2. The van der Waals surface area contributed by atoms with Gasteiger partial charge in [0.2, 0.25) is 0 Å². The van der Waals surface area contributed by atoms with Crippen LogP contribution in [-0.4, -0.2) is 48.6 Å². The molecular weight excluding hydrogens is 252 g/mol. The molecule has 1 aromatic rings. The number of hydrogen-bond acceptors (Lipinski definition) is 3. The highest BCUT2D eigenvalue weighted by atomic mass is 16.6. The molecule has 1 aliphatic heterocycles. The van der Waals surface area contributed by atoms with E-state index in [0.717, 1.165) is 38.3 Å². The lowest BCUT2D eigenvalue weighted by Gasteiger charge is -2.34. The number of amides is 1. The van der Waals surface area contributed by atoms with Crippen molar-refractivity contribution in [2.45, 2.75) is 26.4 Å². The molecule has 1 amide bonds. The van der Waals surface area contributed by atoms with Crippen molar-refractivity contribution in [1.82, 2.24) is 9.80 Å². The Hall–Kier alpha value is -1.55. The van der Waals surface area contributed by atoms with Gasteiger partial charge in [0, 0.05) is 26.2 Å². The molecule has 110 valence electrons. The lowest BCUT2D eigenvalue weighted by Crippen LogP contribution is -2.48. The van der Waals surface area contributed by atoms with E-state index in [9.17, 15) is 4.79 Å². The number of carbonyl (C=O) groups excluding carboxylic acids is 1. The zero-order valence-electron chi connectivity index (χ0n) is 12.3. The largest absolute Gasteiger partial charge is 0.445 e. The Labute approximate surface area is 121 Å². The molecule has 0 unspecified atom stereocenters. The van der Waals surface area contributed by atoms with Gasteiger partial charge in [0.25, 0.3) is 0 Å². The van der Waals surface area contributed by atoms with Crippen LogP contribution >= 0.6 is 0 Å². The molecule has 1 saturated heterocycles. The maximum atomic E-state index is 12.0. The first-order valence-electron chi connectivity index (χ1n) is 7.47. The number of benzene rings is 1. The minimum absolute atomic E-state index is 0.191. The maximum Gasteiger partial charge on any atom is 0.410 e. The van der Waals surface area contributed by atoms with Crippen LogP contribution in [0.2, 0.25) is 0 Å². The molecule has 0 bridgehead atoms. The van der Waals surface area contributed by atoms with Gasteiger partial charge in [-0.15, -0.1) is 0 Å². The van der Waals surface area contributed by atoms with Crippen molar-refractivity contribution in [2.75, 3.05) is 32.7 Å². The third kappa shape index (κ3) is 4.53. The Morgan fingerprint density at radius 2 is 1.85 bits per heavy atom. The minimum atomic E-state index is -0.191. The van der Waals surface area contributed by atoms with Gasteiger partial charge in [0.1, 0.15) is 6.61 Å². The summed E-state index contributed by atoms with van der Waals surface area (Å²) in [5, 5.41) is 0. The summed E-state index contributed by atoms with van der Waals surface area (Å²) in [4.78, 5) is 16.2. The van der Waals surface area contributed by atoms with Gasteiger partial charge in [-0.05, 0) is 18.5 Å². The van der Waals surface area contributed by atoms with Crippen LogP contribution in [0.5, 0.6) is 0 Å². The molecule has 4 nitrogen and oxygen atoms in total. The average Bonchev–Trinajstić information content (AvgIpc) is 2.52. The molecule has 20 heavy (non-hydrogen) atoms. The lowest BCUT2D eigenvalue weighted by atomic mass is 10.2. The monoisotopic (exact) mass is 276 g/mol. The van der Waals surface area contributed by atoms with Gasteiger partial charge in [-0.1, -0.05) is 43.7 Å². The molecule has 0 atom stereocenters. The van der Waals surface area contributed by atoms with Gasteiger partial charge in [0.15, 0.2) is 0 Å². The van der Waals surface area contributed by atoms with Crippen molar-refractivity contribution in [3.8, 4) is 0 Å². The first kappa shape index (κ1) is 14.9. The number of carbonyl (C=O) groups is 1. The van der Waals surface area contributed by atoms with E-state index < -0.39 is 0 Å². The molecule has 1 aromatic carbocycles. The van der Waals surface area contributed by atoms with E-state index in [4.69, 9.17) is 4.74 Å². The molecule has 2 rings (SSSR count). The second kappa shape index (κ2) is 7.90. The molecule has 1 heterocycles. The third-order valence-electron chi connectivity index (χ3n) is 3.66. The van der Waals surface area contributed by atoms with Crippen LogP contribution in [0.1, 0.15) is 25.3 Å². The fourth-order valence-corrected chi connectivity index (χ4v) is 2.35. The average molecular weight is 276 g/mol. The Bertz CT molecular complexity index is 400. The van der Waals surface area contributed by atoms with E-state index in [0.29, 0.717) is 6.61 Å². The highest BCUT2D eigenvalue weighted by molar-refractivity contribution is 5.67. The fourth-order valence-electron chi connectivity index (χ4n) is 2.35. The SMILES string of the molecule is CCCCN1CCN(C(=O)OCc2ccccc2)CC1. The molecule has 0 aromatic heterocycles. The van der Waals surface area contributed by atoms with Gasteiger partial charge in [-0.3, -0.25) is 4.90 Å². The molecule has 0 saturated carbocycles. The van der Waals surface area contributed by atoms with Crippen LogP contribution in [0.4, 0.5) is 4.79 Å². The van der Waals surface area contributed by atoms with Crippen LogP contribution < -0.4 is 0 Å². The Morgan fingerprint density at radius 3 is 2.50 bits per heavy atom. The number of hydrogen-bond donors (Lipinski definition) is 0. The summed E-state index contributed by atoms with van der Waals surface area (Å²) in [5.74, 6) is 0. The number of ether oxygens (including phenoxy) is 1. The Balaban J connectivity index is 1.69. The number of rotatable bonds is 5. The third-order valence-corrected chi connectivity index (χ3v) is 3.66. The van der Waals surface area contributed by atoms with E-state index in [1.54, 1.807) is 0 Å². The summed E-state index contributed by atoms with van der Waals surface area (Å²) in [6, 6.07) is 9.80. The number of unbranched alkanes of at least 4 members (excludes halogenated alkanes) is 1. The molecule has 0 radical (unpaired) electrons. The number of piperazine rings is 1. The van der Waals surface area contributed by atoms with Crippen LogP contribution in [0.25, 0.3) is 0 Å². The Kier molecular flexibility index (Phi) is 5.87. The quantitative estimate of drug-likeness (QED) is 0.829. The smallest absolute Gasteiger partial charge is 0.410 e. The summed E-state index contributed by atoms with van der Waals surface area (Å²) >= 11 is 0. The van der Waals surface area contributed by atoms with Crippen molar-refractivity contribution < 1.29 is 9.53 Å². The standard InChI is InChI=1S/C16H24N2O2/c1-2-3-9-17-10-12-18(13-11-17)16(19)20-14-15-7-5-4-6-8-15/h4-8H,2-3,9-14H2,1H3. The zero-order chi connectivity index (χ0) is 14.2. The van der Waals surface area contributed by atoms with Crippen LogP contribution in [0, 0.1) is 0 Å². The minimum Gasteiger partial charge on any atom is -0.445 e. The van der Waals surface area contributed by atoms with E-state index in [-0.39, 0.29) is 6.09 Å². The van der Waals surface area contributed by atoms with E-state index >= 15 is 0 Å². The van der Waals surface area contributed by atoms with E-state index in [1.807, 2.05) is 35.2 Å². The first-order chi connectivity index (χ1) is 9.79. The second-order valence-corrected chi connectivity index (χ2v) is 5.22. The first-order valence-corrected chi connectivity index (χ1v) is 7.47. The van der Waals surface area contributed by atoms with Gasteiger partial charge in [-0.25, -0.2) is 4.79 Å². The van der Waals surface area contributed by atoms with Crippen LogP contribution in [0.3, 0.4) is 0 Å². The highest BCUT2D eigenvalue weighted by Crippen LogP contribution is 2.07. The Morgan fingerprint density at radius 1 is 1.15 bits per heavy atom. The van der Waals surface area contributed by atoms with Crippen molar-refractivity contribution >= 4 is 6.09 Å². The van der Waals surface area contributed by atoms with Crippen LogP contribution in [0.15, 0.2) is 30.3 Å². The second-order valence-electron chi connectivity index (χ2n) is 5.22. The molecule has 0 N–H and O–H groups in total. The van der Waals surface area contributed by atoms with Gasteiger partial charge in [-0.2, -0.15) is 0 Å². The summed E-state index contributed by atoms with van der Waals surface area (Å²) in [6.45, 7) is 7.17. The van der Waals surface area contributed by atoms with Gasteiger partial charge in [0.05, 0.1) is 0 Å². The van der Waals surface area contributed by atoms with Crippen molar-refractivity contribution in [2.24, 2.45) is 0 Å². The fraction of sp³-hybridized carbons (Fsp3) is 0.562. The number of nitrogens with zero attached hydrogens (tertiary/aromatic N) is 2. The molecule has 4 heteroatoms. The van der Waals surface area contributed by atoms with Crippen molar-refractivity contribution in [3.63, 3.8) is 0 Å². The summed E-state index contributed by atoms with van der Waals surface area (Å²) < 4.78 is 5.35. The summed E-state index contributed by atoms with van der Waals surface area (Å²) in [5.41, 5.74) is 1.03. The predicted molar refractivity (Wildman–Crippen MR) is 79.5 cm³/mol.